The molecule has 2 aliphatic carbocycles. The van der Waals surface area contributed by atoms with Crippen molar-refractivity contribution in [3.8, 4) is 38.2 Å². The van der Waals surface area contributed by atoms with Gasteiger partial charge in [0.05, 0.1) is 39.0 Å². The van der Waals surface area contributed by atoms with Crippen LogP contribution >= 0.6 is 11.3 Å². The maximum atomic E-state index is 14.4. The molecule has 1 unspecified atom stereocenters. The molecular weight excluding hydrogens is 660 g/mol. The van der Waals surface area contributed by atoms with Crippen LogP contribution in [0, 0.1) is 23.0 Å². The number of hydrogen-bond donors (Lipinski definition) is 0. The second-order valence-electron chi connectivity index (χ2n) is 9.96. The Balaban J connectivity index is 0.000000612. The summed E-state index contributed by atoms with van der Waals surface area (Å²) in [5.41, 5.74) is -3.19. The second kappa shape index (κ2) is 12.3. The van der Waals surface area contributed by atoms with E-state index >= 15 is 0 Å². The predicted molar refractivity (Wildman–Crippen MR) is 157 cm³/mol. The lowest BCUT2D eigenvalue weighted by molar-refractivity contribution is -0.138. The van der Waals surface area contributed by atoms with Crippen molar-refractivity contribution in [2.45, 2.75) is 23.8 Å². The van der Waals surface area contributed by atoms with E-state index in [-0.39, 0.29) is 25.8 Å². The van der Waals surface area contributed by atoms with Gasteiger partial charge in [-0.15, -0.1) is 11.3 Å². The van der Waals surface area contributed by atoms with Gasteiger partial charge in [0.15, 0.2) is 0 Å². The van der Waals surface area contributed by atoms with Gasteiger partial charge in [-0.1, -0.05) is 24.3 Å². The Morgan fingerprint density at radius 2 is 1.52 bits per heavy atom. The molecule has 14 heteroatoms. The van der Waals surface area contributed by atoms with Crippen molar-refractivity contribution in [2.24, 2.45) is 0 Å². The summed E-state index contributed by atoms with van der Waals surface area (Å²) < 4.78 is 122. The number of alkyl halides is 6. The van der Waals surface area contributed by atoms with E-state index in [0.717, 1.165) is 30.3 Å². The van der Waals surface area contributed by atoms with Crippen molar-refractivity contribution in [1.82, 2.24) is 4.57 Å². The Bertz CT molecular complexity index is 2090. The van der Waals surface area contributed by atoms with E-state index in [9.17, 15) is 49.4 Å². The van der Waals surface area contributed by atoms with E-state index in [4.69, 9.17) is 0 Å². The Morgan fingerprint density at radius 1 is 0.848 bits per heavy atom. The number of rotatable bonds is 5. The number of fused-ring (bicyclic) bond motifs is 1. The van der Waals surface area contributed by atoms with Gasteiger partial charge in [0.2, 0.25) is 0 Å². The van der Waals surface area contributed by atoms with Gasteiger partial charge in [-0.3, -0.25) is 9.00 Å². The first-order chi connectivity index (χ1) is 21.6. The number of pyridine rings is 1. The van der Waals surface area contributed by atoms with Crippen LogP contribution in [0.15, 0.2) is 88.6 Å². The van der Waals surface area contributed by atoms with Gasteiger partial charge in [0, 0.05) is 33.2 Å². The van der Waals surface area contributed by atoms with Crippen LogP contribution in [-0.2, 0) is 29.7 Å². The molecule has 4 nitrogen and oxygen atoms in total. The van der Waals surface area contributed by atoms with Gasteiger partial charge in [-0.2, -0.15) is 31.6 Å². The molecule has 0 saturated heterocycles. The lowest BCUT2D eigenvalue weighted by Gasteiger charge is -2.17. The molecule has 46 heavy (non-hydrogen) atoms. The van der Waals surface area contributed by atoms with E-state index in [1.54, 1.807) is 0 Å². The maximum Gasteiger partial charge on any atom is 0.417 e. The monoisotopic (exact) mass is 678 g/mol. The summed E-state index contributed by atoms with van der Waals surface area (Å²) in [6.45, 7) is -0.686. The van der Waals surface area contributed by atoms with Crippen LogP contribution in [0.5, 0.6) is 0 Å². The van der Waals surface area contributed by atoms with Gasteiger partial charge in [-0.05, 0) is 59.7 Å². The summed E-state index contributed by atoms with van der Waals surface area (Å²) in [5, 5.41) is 9.33. The molecule has 0 N–H and O–H groups in total. The summed E-state index contributed by atoms with van der Waals surface area (Å²) in [7, 11) is -1.74. The van der Waals surface area contributed by atoms with Crippen molar-refractivity contribution < 1.29 is 39.3 Å². The topological polar surface area (TPSA) is 62.9 Å². The molecular formula is C32H18F8N2O2S2. The average Bonchev–Trinajstić information content (AvgIpc) is 3.33. The van der Waals surface area contributed by atoms with Crippen LogP contribution < -0.4 is 5.56 Å². The summed E-state index contributed by atoms with van der Waals surface area (Å²) in [6.07, 6.45) is -8.63. The molecule has 0 spiro atoms. The van der Waals surface area contributed by atoms with Crippen LogP contribution in [0.4, 0.5) is 35.1 Å². The van der Waals surface area contributed by atoms with Gasteiger partial charge in [-0.25, -0.2) is 8.78 Å². The van der Waals surface area contributed by atoms with E-state index in [1.807, 2.05) is 0 Å². The molecule has 0 amide bonds. The minimum absolute atomic E-state index is 0.0305. The number of nitrogens with zero attached hydrogens (tertiary/aromatic N) is 2. The van der Waals surface area contributed by atoms with Crippen LogP contribution in [0.25, 0.3) is 32.1 Å². The summed E-state index contributed by atoms with van der Waals surface area (Å²) in [6, 6.07) is 17.7. The lowest BCUT2D eigenvalue weighted by atomic mass is 10.1. The summed E-state index contributed by atoms with van der Waals surface area (Å²) in [5.74, 6) is -2.03. The van der Waals surface area contributed by atoms with Gasteiger partial charge >= 0.3 is 12.4 Å². The van der Waals surface area contributed by atoms with E-state index < -0.39 is 69.3 Å². The Labute approximate surface area is 262 Å². The fourth-order valence-corrected chi connectivity index (χ4v) is 6.47. The Hall–Kier alpha value is -4.61. The summed E-state index contributed by atoms with van der Waals surface area (Å²) >= 11 is 0.697. The zero-order valence-electron chi connectivity index (χ0n) is 23.3. The highest BCUT2D eigenvalue weighted by Gasteiger charge is 2.37. The third kappa shape index (κ3) is 6.80. The van der Waals surface area contributed by atoms with Gasteiger partial charge in [0.25, 0.3) is 5.56 Å². The number of benzene rings is 3. The largest absolute Gasteiger partial charge is 0.417 e. The third-order valence-electron chi connectivity index (χ3n) is 6.91. The predicted octanol–water partition coefficient (Wildman–Crippen LogP) is 8.88. The minimum atomic E-state index is -5.13. The SMILES string of the molecule is CS(=O)c1ccc(C(F)(F)F)cc1-c1ccc(-c2cc(C(F)(F)F)c(C#N)c(=O)n2Cc2ccc(F)cc2F)s1.c1cc2cc-2c1. The van der Waals surface area contributed by atoms with Crippen molar-refractivity contribution in [3.05, 3.63) is 123 Å². The third-order valence-corrected chi connectivity index (χ3v) is 9.03. The molecule has 4 aromatic rings. The molecule has 2 aromatic heterocycles. The van der Waals surface area contributed by atoms with Crippen LogP contribution in [0.3, 0.4) is 0 Å². The zero-order chi connectivity index (χ0) is 33.6. The highest BCUT2D eigenvalue weighted by atomic mass is 32.2. The van der Waals surface area contributed by atoms with Crippen LogP contribution in [-0.4, -0.2) is 15.0 Å². The van der Waals surface area contributed by atoms with Crippen molar-refractivity contribution >= 4 is 22.1 Å². The zero-order valence-corrected chi connectivity index (χ0v) is 24.9. The molecule has 0 fully saturated rings. The number of nitriles is 1. The normalized spacial score (nSPS) is 12.6. The van der Waals surface area contributed by atoms with Gasteiger partial charge in [0.1, 0.15) is 23.3 Å². The highest BCUT2D eigenvalue weighted by Crippen LogP contribution is 2.41. The van der Waals surface area contributed by atoms with Gasteiger partial charge < -0.3 is 4.57 Å². The molecule has 2 heterocycles. The lowest BCUT2D eigenvalue weighted by Crippen LogP contribution is -2.28. The molecule has 0 bridgehead atoms. The van der Waals surface area contributed by atoms with Crippen LogP contribution in [0.2, 0.25) is 0 Å². The first-order valence-corrected chi connectivity index (χ1v) is 15.4. The molecule has 6 rings (SSSR count). The second-order valence-corrected chi connectivity index (χ2v) is 12.4. The smallest absolute Gasteiger partial charge is 0.302 e. The molecule has 0 saturated carbocycles. The van der Waals surface area contributed by atoms with Crippen molar-refractivity contribution in [1.29, 1.82) is 5.26 Å². The van der Waals surface area contributed by atoms with E-state index in [0.29, 0.717) is 28.0 Å². The maximum absolute atomic E-state index is 14.4. The molecule has 2 aromatic carbocycles. The van der Waals surface area contributed by atoms with E-state index in [2.05, 4.69) is 24.3 Å². The number of hydrogen-bond acceptors (Lipinski definition) is 4. The Morgan fingerprint density at radius 3 is 2.04 bits per heavy atom. The number of halogens is 8. The standard InChI is InChI=1S/C26H14F8N2O2S2.C6H4/c1-40(38)23-7-3-14(25(29,30)31)8-16(23)21-5-6-22(39-21)20-10-18(26(32,33)34)17(11-35)24(37)36(20)12-13-2-4-15(27)9-19(13)28;1-2-5-4-6(5)3-1/h2-10H,12H2,1H3;1-4H. The summed E-state index contributed by atoms with van der Waals surface area (Å²) in [4.78, 5) is 13.2. The first kappa shape index (κ1) is 32.8. The minimum Gasteiger partial charge on any atom is -0.302 e. The fourth-order valence-electron chi connectivity index (χ4n) is 4.60. The fraction of sp³-hybridized carbons (Fsp3) is 0.125. The quantitative estimate of drug-likeness (QED) is 0.171. The number of aromatic nitrogens is 1. The van der Waals surface area contributed by atoms with Crippen molar-refractivity contribution in [3.63, 3.8) is 0 Å². The highest BCUT2D eigenvalue weighted by molar-refractivity contribution is 7.84. The number of thiophene rings is 1. The van der Waals surface area contributed by atoms with Crippen LogP contribution in [0.1, 0.15) is 22.3 Å². The van der Waals surface area contributed by atoms with E-state index in [1.165, 1.54) is 35.6 Å². The molecule has 1 atom stereocenters. The molecule has 0 radical (unpaired) electrons. The molecule has 2 aliphatic rings. The van der Waals surface area contributed by atoms with Crippen molar-refractivity contribution in [2.75, 3.05) is 6.26 Å². The molecule has 236 valence electrons. The molecule has 0 aliphatic heterocycles. The first-order valence-electron chi connectivity index (χ1n) is 13.0. The average molecular weight is 679 g/mol. The Kier molecular flexibility index (Phi) is 8.76.